The van der Waals surface area contributed by atoms with E-state index >= 15 is 0 Å². The fourth-order valence-corrected chi connectivity index (χ4v) is 2.78. The molecule has 0 fully saturated rings. The Morgan fingerprint density at radius 3 is 2.79 bits per heavy atom. The maximum absolute atomic E-state index is 6.23. The number of nitrogens with one attached hydrogen (secondary N) is 1. The van der Waals surface area contributed by atoms with E-state index in [1.807, 2.05) is 19.2 Å². The van der Waals surface area contributed by atoms with Gasteiger partial charge in [-0.05, 0) is 31.4 Å². The molecule has 4 nitrogen and oxygen atoms in total. The molecule has 0 spiro atoms. The van der Waals surface area contributed by atoms with Crippen LogP contribution in [0.15, 0.2) is 23.4 Å². The second kappa shape index (κ2) is 4.74. The number of nitrogens with zero attached hydrogens (tertiary/aromatic N) is 3. The smallest absolute Gasteiger partial charge is 0.182 e. The quantitative estimate of drug-likeness (QED) is 0.725. The monoisotopic (exact) mass is 312 g/mol. The number of hydrogen-bond acceptors (Lipinski definition) is 3. The molecule has 1 N–H and O–H groups in total. The second-order valence-corrected chi connectivity index (χ2v) is 5.68. The van der Waals surface area contributed by atoms with Crippen LogP contribution in [0.4, 0.5) is 0 Å². The molecule has 0 aliphatic rings. The molecule has 3 rings (SSSR count). The van der Waals surface area contributed by atoms with Crippen molar-refractivity contribution in [1.29, 1.82) is 0 Å². The fourth-order valence-electron chi connectivity index (χ4n) is 1.91. The lowest BCUT2D eigenvalue weighted by Crippen LogP contribution is -1.98. The number of H-pyrrole nitrogens is 1. The molecule has 0 saturated carbocycles. The highest BCUT2D eigenvalue weighted by atomic mass is 35.5. The van der Waals surface area contributed by atoms with Gasteiger partial charge in [-0.2, -0.15) is 5.10 Å². The highest BCUT2D eigenvalue weighted by Crippen LogP contribution is 2.28. The molecular weight excluding hydrogens is 303 g/mol. The lowest BCUT2D eigenvalue weighted by molar-refractivity contribution is 0.865. The average molecular weight is 313 g/mol. The van der Waals surface area contributed by atoms with Crippen LogP contribution in [0.1, 0.15) is 5.69 Å². The third-order valence-electron chi connectivity index (χ3n) is 2.81. The third-order valence-corrected chi connectivity index (χ3v) is 3.92. The summed E-state index contributed by atoms with van der Waals surface area (Å²) in [6.45, 7) is 1.94. The zero-order valence-electron chi connectivity index (χ0n) is 10.2. The number of imidazole rings is 1. The van der Waals surface area contributed by atoms with Crippen LogP contribution in [0.3, 0.4) is 0 Å². The van der Waals surface area contributed by atoms with Crippen molar-refractivity contribution >= 4 is 46.1 Å². The normalized spacial score (nSPS) is 11.4. The number of aryl methyl sites for hydroxylation is 1. The number of rotatable bonds is 2. The molecule has 2 aromatic heterocycles. The van der Waals surface area contributed by atoms with Crippen molar-refractivity contribution in [2.24, 2.45) is 0 Å². The van der Waals surface area contributed by atoms with E-state index in [0.717, 1.165) is 27.7 Å². The summed E-state index contributed by atoms with van der Waals surface area (Å²) in [7, 11) is 0. The predicted octanol–water partition coefficient (Wildman–Crippen LogP) is 4.09. The van der Waals surface area contributed by atoms with Gasteiger partial charge in [0.15, 0.2) is 10.8 Å². The SMILES string of the molecule is CSc1nc2c([nH]1)c(C)nn2-c1ccc(Cl)cc1Cl. The van der Waals surface area contributed by atoms with E-state index in [1.165, 1.54) is 0 Å². The van der Waals surface area contributed by atoms with Crippen molar-refractivity contribution in [2.45, 2.75) is 12.1 Å². The zero-order chi connectivity index (χ0) is 13.6. The first kappa shape index (κ1) is 12.8. The lowest BCUT2D eigenvalue weighted by atomic mass is 10.3. The van der Waals surface area contributed by atoms with Crippen LogP contribution in [0, 0.1) is 6.92 Å². The Morgan fingerprint density at radius 2 is 2.11 bits per heavy atom. The van der Waals surface area contributed by atoms with Gasteiger partial charge in [0, 0.05) is 5.02 Å². The van der Waals surface area contributed by atoms with Crippen LogP contribution in [-0.4, -0.2) is 26.0 Å². The molecule has 0 radical (unpaired) electrons. The molecular formula is C12H10Cl2N4S. The first-order valence-corrected chi connectivity index (χ1v) is 7.53. The highest BCUT2D eigenvalue weighted by molar-refractivity contribution is 7.98. The van der Waals surface area contributed by atoms with Gasteiger partial charge in [0.25, 0.3) is 0 Å². The minimum absolute atomic E-state index is 0.547. The zero-order valence-corrected chi connectivity index (χ0v) is 12.6. The number of aromatic amines is 1. The molecule has 3 aromatic rings. The molecule has 0 bridgehead atoms. The van der Waals surface area contributed by atoms with Crippen LogP contribution in [0.5, 0.6) is 0 Å². The van der Waals surface area contributed by atoms with Gasteiger partial charge in [0.1, 0.15) is 5.52 Å². The average Bonchev–Trinajstić information content (AvgIpc) is 2.91. The molecule has 1 aromatic carbocycles. The summed E-state index contributed by atoms with van der Waals surface area (Å²) in [5.41, 5.74) is 3.35. The first-order valence-electron chi connectivity index (χ1n) is 5.55. The minimum Gasteiger partial charge on any atom is -0.330 e. The van der Waals surface area contributed by atoms with Gasteiger partial charge < -0.3 is 4.98 Å². The van der Waals surface area contributed by atoms with Crippen molar-refractivity contribution in [3.63, 3.8) is 0 Å². The third kappa shape index (κ3) is 2.12. The first-order chi connectivity index (χ1) is 9.10. The Balaban J connectivity index is 2.26. The molecule has 0 aliphatic carbocycles. The summed E-state index contributed by atoms with van der Waals surface area (Å²) >= 11 is 13.7. The van der Waals surface area contributed by atoms with Crippen LogP contribution >= 0.6 is 35.0 Å². The Labute approximate surface area is 124 Å². The molecule has 0 amide bonds. The lowest BCUT2D eigenvalue weighted by Gasteiger charge is -2.04. The maximum atomic E-state index is 6.23. The molecule has 0 unspecified atom stereocenters. The number of halogens is 2. The van der Waals surface area contributed by atoms with Gasteiger partial charge in [0.05, 0.1) is 16.4 Å². The second-order valence-electron chi connectivity index (χ2n) is 4.04. The van der Waals surface area contributed by atoms with Gasteiger partial charge >= 0.3 is 0 Å². The Bertz CT molecular complexity index is 763. The van der Waals surface area contributed by atoms with Gasteiger partial charge in [-0.15, -0.1) is 0 Å². The number of hydrogen-bond donors (Lipinski definition) is 1. The maximum Gasteiger partial charge on any atom is 0.182 e. The number of fused-ring (bicyclic) bond motifs is 1. The van der Waals surface area contributed by atoms with Crippen molar-refractivity contribution in [3.8, 4) is 5.69 Å². The molecule has 2 heterocycles. The Kier molecular flexibility index (Phi) is 3.20. The predicted molar refractivity (Wildman–Crippen MR) is 79.8 cm³/mol. The summed E-state index contributed by atoms with van der Waals surface area (Å²) < 4.78 is 1.74. The van der Waals surface area contributed by atoms with Crippen molar-refractivity contribution < 1.29 is 0 Å². The number of thioether (sulfide) groups is 1. The van der Waals surface area contributed by atoms with E-state index in [4.69, 9.17) is 23.2 Å². The van der Waals surface area contributed by atoms with Crippen LogP contribution in [-0.2, 0) is 0 Å². The molecule has 98 valence electrons. The summed E-state index contributed by atoms with van der Waals surface area (Å²) in [5.74, 6) is 0. The summed E-state index contributed by atoms with van der Waals surface area (Å²) in [5, 5.41) is 6.47. The van der Waals surface area contributed by atoms with Crippen molar-refractivity contribution in [3.05, 3.63) is 33.9 Å². The Hall–Kier alpha value is -1.17. The molecule has 7 heteroatoms. The Morgan fingerprint density at radius 1 is 1.32 bits per heavy atom. The summed E-state index contributed by atoms with van der Waals surface area (Å²) in [6.07, 6.45) is 1.97. The van der Waals surface area contributed by atoms with Crippen molar-refractivity contribution in [2.75, 3.05) is 6.26 Å². The van der Waals surface area contributed by atoms with Crippen LogP contribution in [0.25, 0.3) is 16.9 Å². The van der Waals surface area contributed by atoms with E-state index in [1.54, 1.807) is 28.6 Å². The topological polar surface area (TPSA) is 46.5 Å². The van der Waals surface area contributed by atoms with E-state index in [9.17, 15) is 0 Å². The van der Waals surface area contributed by atoms with E-state index in [-0.39, 0.29) is 0 Å². The van der Waals surface area contributed by atoms with E-state index in [0.29, 0.717) is 10.0 Å². The number of aromatic nitrogens is 4. The standard InChI is InChI=1S/C12H10Cl2N4S/c1-6-10-11(16-12(15-10)19-2)18(17-6)9-4-3-7(13)5-8(9)14/h3-5H,1-2H3,(H,15,16). The molecule has 0 atom stereocenters. The molecule has 19 heavy (non-hydrogen) atoms. The highest BCUT2D eigenvalue weighted by Gasteiger charge is 2.15. The van der Waals surface area contributed by atoms with Gasteiger partial charge in [-0.1, -0.05) is 35.0 Å². The molecule has 0 aliphatic heterocycles. The van der Waals surface area contributed by atoms with Gasteiger partial charge in [-0.3, -0.25) is 0 Å². The number of benzene rings is 1. The van der Waals surface area contributed by atoms with Crippen LogP contribution < -0.4 is 0 Å². The fraction of sp³-hybridized carbons (Fsp3) is 0.167. The van der Waals surface area contributed by atoms with E-state index < -0.39 is 0 Å². The summed E-state index contributed by atoms with van der Waals surface area (Å²) in [4.78, 5) is 7.74. The van der Waals surface area contributed by atoms with Gasteiger partial charge in [0.2, 0.25) is 0 Å². The van der Waals surface area contributed by atoms with Crippen molar-refractivity contribution in [1.82, 2.24) is 19.7 Å². The molecule has 0 saturated heterocycles. The largest absolute Gasteiger partial charge is 0.330 e. The minimum atomic E-state index is 0.547. The van der Waals surface area contributed by atoms with Crippen LogP contribution in [0.2, 0.25) is 10.0 Å². The van der Waals surface area contributed by atoms with E-state index in [2.05, 4.69) is 15.1 Å². The summed E-state index contributed by atoms with van der Waals surface area (Å²) in [6, 6.07) is 5.32. The van der Waals surface area contributed by atoms with Gasteiger partial charge in [-0.25, -0.2) is 9.67 Å².